The maximum atomic E-state index is 12.4. The van der Waals surface area contributed by atoms with E-state index in [0.717, 1.165) is 19.4 Å². The molecule has 0 aromatic rings. The van der Waals surface area contributed by atoms with Crippen molar-refractivity contribution in [3.63, 3.8) is 0 Å². The Morgan fingerprint density at radius 1 is 1.12 bits per heavy atom. The fourth-order valence-corrected chi connectivity index (χ4v) is 3.46. The van der Waals surface area contributed by atoms with Gasteiger partial charge in [-0.1, -0.05) is 26.2 Å². The van der Waals surface area contributed by atoms with Crippen molar-refractivity contribution in [1.82, 2.24) is 0 Å². The van der Waals surface area contributed by atoms with E-state index in [1.54, 1.807) is 0 Å². The minimum absolute atomic E-state index is 0.232. The molecule has 1 heterocycles. The average Bonchev–Trinajstić information content (AvgIpc) is 2.40. The predicted octanol–water partition coefficient (Wildman–Crippen LogP) is 3.73. The second-order valence-electron chi connectivity index (χ2n) is 5.72. The lowest BCUT2D eigenvalue weighted by Gasteiger charge is -2.31. The van der Waals surface area contributed by atoms with Gasteiger partial charge < -0.3 is 4.74 Å². The lowest BCUT2D eigenvalue weighted by atomic mass is 9.74. The van der Waals surface area contributed by atoms with Crippen molar-refractivity contribution in [2.45, 2.75) is 70.8 Å². The molecule has 0 amide bonds. The van der Waals surface area contributed by atoms with E-state index in [2.05, 4.69) is 6.92 Å². The Morgan fingerprint density at radius 3 is 2.59 bits per heavy atom. The summed E-state index contributed by atoms with van der Waals surface area (Å²) in [4.78, 5) is 12.4. The summed E-state index contributed by atoms with van der Waals surface area (Å²) in [7, 11) is 0. The van der Waals surface area contributed by atoms with Gasteiger partial charge in [0.25, 0.3) is 0 Å². The SMILES string of the molecule is CCC1CCCCC1C(=O)CC1CCCCO1. The zero-order valence-electron chi connectivity index (χ0n) is 11.1. The van der Waals surface area contributed by atoms with E-state index in [4.69, 9.17) is 4.74 Å². The number of rotatable bonds is 4. The minimum Gasteiger partial charge on any atom is -0.378 e. The van der Waals surface area contributed by atoms with Crippen LogP contribution in [0, 0.1) is 11.8 Å². The lowest BCUT2D eigenvalue weighted by Crippen LogP contribution is -2.31. The van der Waals surface area contributed by atoms with Gasteiger partial charge in [0.1, 0.15) is 5.78 Å². The van der Waals surface area contributed by atoms with Gasteiger partial charge >= 0.3 is 0 Å². The summed E-state index contributed by atoms with van der Waals surface area (Å²) in [5.74, 6) is 1.49. The topological polar surface area (TPSA) is 26.3 Å². The zero-order valence-corrected chi connectivity index (χ0v) is 11.1. The monoisotopic (exact) mass is 238 g/mol. The van der Waals surface area contributed by atoms with E-state index < -0.39 is 0 Å². The van der Waals surface area contributed by atoms with E-state index >= 15 is 0 Å². The fraction of sp³-hybridized carbons (Fsp3) is 0.933. The van der Waals surface area contributed by atoms with Gasteiger partial charge in [0.15, 0.2) is 0 Å². The molecule has 2 fully saturated rings. The molecule has 17 heavy (non-hydrogen) atoms. The van der Waals surface area contributed by atoms with Crippen molar-refractivity contribution in [2.75, 3.05) is 6.61 Å². The van der Waals surface area contributed by atoms with Crippen molar-refractivity contribution in [2.24, 2.45) is 11.8 Å². The molecule has 98 valence electrons. The normalized spacial score (nSPS) is 34.5. The Labute approximate surface area is 105 Å². The number of hydrogen-bond donors (Lipinski definition) is 0. The van der Waals surface area contributed by atoms with E-state index in [1.165, 1.54) is 38.5 Å². The number of hydrogen-bond acceptors (Lipinski definition) is 2. The van der Waals surface area contributed by atoms with E-state index in [9.17, 15) is 4.79 Å². The minimum atomic E-state index is 0.232. The molecule has 1 saturated heterocycles. The van der Waals surface area contributed by atoms with Crippen LogP contribution in [0.2, 0.25) is 0 Å². The molecule has 2 nitrogen and oxygen atoms in total. The molecule has 1 aliphatic carbocycles. The first-order valence-electron chi connectivity index (χ1n) is 7.45. The van der Waals surface area contributed by atoms with Gasteiger partial charge in [-0.25, -0.2) is 0 Å². The highest BCUT2D eigenvalue weighted by Gasteiger charge is 2.31. The van der Waals surface area contributed by atoms with Crippen molar-refractivity contribution < 1.29 is 9.53 Å². The highest BCUT2D eigenvalue weighted by atomic mass is 16.5. The molecular weight excluding hydrogens is 212 g/mol. The van der Waals surface area contributed by atoms with Gasteiger partial charge in [0.05, 0.1) is 6.10 Å². The van der Waals surface area contributed by atoms with Crippen LogP contribution in [0.3, 0.4) is 0 Å². The van der Waals surface area contributed by atoms with Crippen LogP contribution in [-0.2, 0) is 9.53 Å². The summed E-state index contributed by atoms with van der Waals surface area (Å²) >= 11 is 0. The first-order chi connectivity index (χ1) is 8.31. The molecule has 1 aliphatic heterocycles. The molecule has 0 aromatic carbocycles. The van der Waals surface area contributed by atoms with E-state index in [1.807, 2.05) is 0 Å². The molecule has 0 radical (unpaired) electrons. The molecule has 2 heteroatoms. The average molecular weight is 238 g/mol. The van der Waals surface area contributed by atoms with E-state index in [0.29, 0.717) is 24.0 Å². The lowest BCUT2D eigenvalue weighted by molar-refractivity contribution is -0.129. The molecule has 1 saturated carbocycles. The number of Topliss-reactive ketones (excluding diaryl/α,β-unsaturated/α-hetero) is 1. The van der Waals surface area contributed by atoms with Crippen molar-refractivity contribution in [3.05, 3.63) is 0 Å². The van der Waals surface area contributed by atoms with Gasteiger partial charge in [0.2, 0.25) is 0 Å². The Kier molecular flexibility index (Phi) is 5.02. The maximum absolute atomic E-state index is 12.4. The third-order valence-corrected chi connectivity index (χ3v) is 4.55. The summed E-state index contributed by atoms with van der Waals surface area (Å²) in [6.07, 6.45) is 10.5. The van der Waals surface area contributed by atoms with Crippen LogP contribution in [0.1, 0.15) is 64.7 Å². The Bertz CT molecular complexity index is 243. The largest absolute Gasteiger partial charge is 0.378 e. The van der Waals surface area contributed by atoms with Crippen LogP contribution < -0.4 is 0 Å². The van der Waals surface area contributed by atoms with Crippen molar-refractivity contribution in [3.8, 4) is 0 Å². The molecule has 0 aromatic heterocycles. The van der Waals surface area contributed by atoms with Crippen molar-refractivity contribution >= 4 is 5.78 Å². The second kappa shape index (κ2) is 6.53. The maximum Gasteiger partial charge on any atom is 0.138 e. The fourth-order valence-electron chi connectivity index (χ4n) is 3.46. The molecule has 2 aliphatic rings. The highest BCUT2D eigenvalue weighted by molar-refractivity contribution is 5.81. The van der Waals surface area contributed by atoms with Gasteiger partial charge in [-0.2, -0.15) is 0 Å². The predicted molar refractivity (Wildman–Crippen MR) is 69.0 cm³/mol. The van der Waals surface area contributed by atoms with Crippen LogP contribution in [0.4, 0.5) is 0 Å². The first kappa shape index (κ1) is 13.1. The second-order valence-corrected chi connectivity index (χ2v) is 5.72. The van der Waals surface area contributed by atoms with Gasteiger partial charge in [-0.05, 0) is 38.0 Å². The van der Waals surface area contributed by atoms with Gasteiger partial charge in [-0.3, -0.25) is 4.79 Å². The standard InChI is InChI=1S/C15H26O2/c1-2-12-7-3-4-9-14(12)15(16)11-13-8-5-6-10-17-13/h12-14H,2-11H2,1H3. The van der Waals surface area contributed by atoms with Crippen LogP contribution in [0.5, 0.6) is 0 Å². The Balaban J connectivity index is 1.84. The third-order valence-electron chi connectivity index (χ3n) is 4.55. The van der Waals surface area contributed by atoms with Crippen LogP contribution in [0.15, 0.2) is 0 Å². The molecule has 0 spiro atoms. The summed E-state index contributed by atoms with van der Waals surface area (Å²) in [6, 6.07) is 0. The smallest absolute Gasteiger partial charge is 0.138 e. The van der Waals surface area contributed by atoms with E-state index in [-0.39, 0.29) is 6.10 Å². The number of carbonyl (C=O) groups excluding carboxylic acids is 1. The molecule has 3 atom stereocenters. The van der Waals surface area contributed by atoms with Crippen LogP contribution in [0.25, 0.3) is 0 Å². The van der Waals surface area contributed by atoms with Crippen molar-refractivity contribution in [1.29, 1.82) is 0 Å². The number of ketones is 1. The Morgan fingerprint density at radius 2 is 1.88 bits per heavy atom. The number of ether oxygens (including phenoxy) is 1. The summed E-state index contributed by atoms with van der Waals surface area (Å²) in [5.41, 5.74) is 0. The quantitative estimate of drug-likeness (QED) is 0.746. The molecule has 0 N–H and O–H groups in total. The number of carbonyl (C=O) groups is 1. The molecular formula is C15H26O2. The van der Waals surface area contributed by atoms with Crippen LogP contribution >= 0.6 is 0 Å². The van der Waals surface area contributed by atoms with Gasteiger partial charge in [0, 0.05) is 18.9 Å². The van der Waals surface area contributed by atoms with Crippen LogP contribution in [-0.4, -0.2) is 18.5 Å². The molecule has 0 bridgehead atoms. The molecule has 2 rings (SSSR count). The van der Waals surface area contributed by atoms with Gasteiger partial charge in [-0.15, -0.1) is 0 Å². The Hall–Kier alpha value is -0.370. The highest BCUT2D eigenvalue weighted by Crippen LogP contribution is 2.34. The summed E-state index contributed by atoms with van der Waals surface area (Å²) in [5, 5.41) is 0. The summed E-state index contributed by atoms with van der Waals surface area (Å²) < 4.78 is 5.69. The third kappa shape index (κ3) is 3.54. The molecule has 3 unspecified atom stereocenters. The zero-order chi connectivity index (χ0) is 12.1. The summed E-state index contributed by atoms with van der Waals surface area (Å²) in [6.45, 7) is 3.09. The first-order valence-corrected chi connectivity index (χ1v) is 7.45.